The number of benzene rings is 2. The van der Waals surface area contributed by atoms with Crippen LogP contribution in [0.5, 0.6) is 0 Å². The first-order valence-corrected chi connectivity index (χ1v) is 12.4. The number of esters is 1. The second kappa shape index (κ2) is 11.6. The van der Waals surface area contributed by atoms with Crippen LogP contribution in [-0.2, 0) is 30.5 Å². The topological polar surface area (TPSA) is 118 Å². The number of amides is 3. The average Bonchev–Trinajstić information content (AvgIpc) is 3.46. The fourth-order valence-electron chi connectivity index (χ4n) is 3.90. The number of anilines is 2. The van der Waals surface area contributed by atoms with E-state index in [0.717, 1.165) is 5.56 Å². The van der Waals surface area contributed by atoms with Gasteiger partial charge in [0.25, 0.3) is 5.91 Å². The molecule has 0 aliphatic carbocycles. The summed E-state index contributed by atoms with van der Waals surface area (Å²) in [5, 5.41) is 5.42. The van der Waals surface area contributed by atoms with Crippen molar-refractivity contribution in [2.24, 2.45) is 0 Å². The molecular formula is C28H23Cl2N3O6. The van der Waals surface area contributed by atoms with Crippen LogP contribution in [0.15, 0.2) is 75.9 Å². The highest BCUT2D eigenvalue weighted by Gasteiger charge is 2.38. The first-order chi connectivity index (χ1) is 18.6. The van der Waals surface area contributed by atoms with Crippen LogP contribution in [0.4, 0.5) is 11.4 Å². The third-order valence-electron chi connectivity index (χ3n) is 5.86. The molecule has 3 aromatic rings. The van der Waals surface area contributed by atoms with Crippen molar-refractivity contribution in [3.8, 4) is 0 Å². The van der Waals surface area contributed by atoms with E-state index >= 15 is 0 Å². The number of halogens is 2. The second-order valence-corrected chi connectivity index (χ2v) is 9.37. The summed E-state index contributed by atoms with van der Waals surface area (Å²) in [5.74, 6) is -2.29. The largest absolute Gasteiger partial charge is 0.465 e. The van der Waals surface area contributed by atoms with Gasteiger partial charge in [0.05, 0.1) is 34.8 Å². The number of hydrogen-bond donors (Lipinski definition) is 2. The molecule has 0 unspecified atom stereocenters. The molecule has 2 N–H and O–H groups in total. The fourth-order valence-corrected chi connectivity index (χ4v) is 4.20. The predicted molar refractivity (Wildman–Crippen MR) is 147 cm³/mol. The Kier molecular flexibility index (Phi) is 8.23. The van der Waals surface area contributed by atoms with Crippen molar-refractivity contribution in [1.29, 1.82) is 0 Å². The molecule has 2 heterocycles. The number of rotatable bonds is 6. The number of aryl methyl sites for hydroxylation is 1. The van der Waals surface area contributed by atoms with Crippen LogP contribution in [0.1, 0.15) is 24.0 Å². The molecule has 1 aromatic heterocycles. The second-order valence-electron chi connectivity index (χ2n) is 8.56. The zero-order valence-corrected chi connectivity index (χ0v) is 22.6. The molecule has 200 valence electrons. The third-order valence-corrected chi connectivity index (χ3v) is 6.60. The highest BCUT2D eigenvalue weighted by Crippen LogP contribution is 2.35. The number of nitrogens with one attached hydrogen (secondary N) is 2. The molecule has 0 saturated carbocycles. The lowest BCUT2D eigenvalue weighted by Crippen LogP contribution is -2.34. The van der Waals surface area contributed by atoms with Gasteiger partial charge in [0.2, 0.25) is 0 Å². The molecule has 11 heteroatoms. The summed E-state index contributed by atoms with van der Waals surface area (Å²) in [6, 6.07) is 14.9. The number of carbonyl (C=O) groups excluding carboxylic acids is 4. The van der Waals surface area contributed by atoms with E-state index in [2.05, 4.69) is 10.6 Å². The Balaban J connectivity index is 1.48. The first kappa shape index (κ1) is 27.7. The average molecular weight is 568 g/mol. The molecule has 9 nitrogen and oxygen atoms in total. The van der Waals surface area contributed by atoms with Gasteiger partial charge >= 0.3 is 17.8 Å². The minimum Gasteiger partial charge on any atom is -0.465 e. The van der Waals surface area contributed by atoms with E-state index in [9.17, 15) is 19.2 Å². The SMILES string of the molecule is COC(=O)C1=C(C)N(c2ccc(C)cc2)C(=O)/C1=C/c1ccc(CNC(=O)C(=O)Nc2ccc(Cl)c(Cl)c2)o1. The van der Waals surface area contributed by atoms with Crippen LogP contribution < -0.4 is 15.5 Å². The molecule has 3 amide bonds. The Labute approximate surface area is 234 Å². The Hall–Kier alpha value is -4.34. The zero-order chi connectivity index (χ0) is 28.3. The molecular weight excluding hydrogens is 545 g/mol. The number of allylic oxidation sites excluding steroid dienone is 1. The number of ether oxygens (including phenoxy) is 1. The van der Waals surface area contributed by atoms with Gasteiger partial charge in [-0.05, 0) is 62.4 Å². The summed E-state index contributed by atoms with van der Waals surface area (Å²) < 4.78 is 10.6. The van der Waals surface area contributed by atoms with E-state index in [1.165, 1.54) is 36.3 Å². The van der Waals surface area contributed by atoms with Gasteiger partial charge in [0.15, 0.2) is 0 Å². The van der Waals surface area contributed by atoms with Gasteiger partial charge in [-0.3, -0.25) is 19.3 Å². The highest BCUT2D eigenvalue weighted by molar-refractivity contribution is 6.43. The van der Waals surface area contributed by atoms with Crippen molar-refractivity contribution in [2.75, 3.05) is 17.3 Å². The number of methoxy groups -OCH3 is 1. The summed E-state index contributed by atoms with van der Waals surface area (Å²) in [7, 11) is 1.24. The molecule has 0 radical (unpaired) electrons. The Morgan fingerprint density at radius 2 is 1.69 bits per heavy atom. The summed E-state index contributed by atoms with van der Waals surface area (Å²) in [4.78, 5) is 51.8. The highest BCUT2D eigenvalue weighted by atomic mass is 35.5. The minimum absolute atomic E-state index is 0.0982. The molecule has 0 atom stereocenters. The van der Waals surface area contributed by atoms with Gasteiger partial charge in [-0.25, -0.2) is 4.79 Å². The van der Waals surface area contributed by atoms with Crippen LogP contribution in [-0.4, -0.2) is 30.8 Å². The summed E-state index contributed by atoms with van der Waals surface area (Å²) in [6.07, 6.45) is 1.44. The lowest BCUT2D eigenvalue weighted by atomic mass is 10.1. The monoisotopic (exact) mass is 567 g/mol. The third kappa shape index (κ3) is 6.05. The van der Waals surface area contributed by atoms with Crippen molar-refractivity contribution >= 4 is 64.3 Å². The van der Waals surface area contributed by atoms with Gasteiger partial charge < -0.3 is 19.8 Å². The smallest absolute Gasteiger partial charge is 0.340 e. The van der Waals surface area contributed by atoms with Crippen molar-refractivity contribution < 1.29 is 28.3 Å². The molecule has 39 heavy (non-hydrogen) atoms. The van der Waals surface area contributed by atoms with Crippen molar-refractivity contribution in [3.05, 3.63) is 98.6 Å². The first-order valence-electron chi connectivity index (χ1n) is 11.6. The van der Waals surface area contributed by atoms with Crippen molar-refractivity contribution in [1.82, 2.24) is 5.32 Å². The number of nitrogens with zero attached hydrogens (tertiary/aromatic N) is 1. The fraction of sp³-hybridized carbons (Fsp3) is 0.143. The lowest BCUT2D eigenvalue weighted by Gasteiger charge is -2.18. The van der Waals surface area contributed by atoms with Gasteiger partial charge in [-0.2, -0.15) is 0 Å². The van der Waals surface area contributed by atoms with Gasteiger partial charge in [0.1, 0.15) is 11.5 Å². The summed E-state index contributed by atoms with van der Waals surface area (Å²) in [6.45, 7) is 3.50. The maximum Gasteiger partial charge on any atom is 0.340 e. The van der Waals surface area contributed by atoms with Crippen LogP contribution in [0, 0.1) is 6.92 Å². The Morgan fingerprint density at radius 1 is 0.974 bits per heavy atom. The number of hydrogen-bond acceptors (Lipinski definition) is 6. The van der Waals surface area contributed by atoms with E-state index in [1.807, 2.05) is 19.1 Å². The summed E-state index contributed by atoms with van der Waals surface area (Å²) >= 11 is 11.8. The molecule has 1 aliphatic rings. The van der Waals surface area contributed by atoms with Crippen LogP contribution >= 0.6 is 23.2 Å². The zero-order valence-electron chi connectivity index (χ0n) is 21.1. The number of carbonyl (C=O) groups is 4. The number of furan rings is 1. The van der Waals surface area contributed by atoms with Crippen LogP contribution in [0.3, 0.4) is 0 Å². The van der Waals surface area contributed by atoms with Gasteiger partial charge in [-0.15, -0.1) is 0 Å². The normalized spacial score (nSPS) is 14.1. The van der Waals surface area contributed by atoms with Crippen LogP contribution in [0.2, 0.25) is 10.0 Å². The van der Waals surface area contributed by atoms with Crippen molar-refractivity contribution in [3.63, 3.8) is 0 Å². The quantitative estimate of drug-likeness (QED) is 0.245. The Morgan fingerprint density at radius 3 is 2.36 bits per heavy atom. The van der Waals surface area contributed by atoms with Crippen molar-refractivity contribution in [2.45, 2.75) is 20.4 Å². The van der Waals surface area contributed by atoms with Gasteiger partial charge in [0, 0.05) is 17.1 Å². The van der Waals surface area contributed by atoms with E-state index in [-0.39, 0.29) is 28.5 Å². The minimum atomic E-state index is -0.904. The maximum absolute atomic E-state index is 13.4. The van der Waals surface area contributed by atoms with E-state index in [0.29, 0.717) is 27.9 Å². The Bertz CT molecular complexity index is 1540. The maximum atomic E-state index is 13.4. The van der Waals surface area contributed by atoms with E-state index in [1.54, 1.807) is 31.2 Å². The molecule has 0 bridgehead atoms. The lowest BCUT2D eigenvalue weighted by molar-refractivity contribution is -0.136. The van der Waals surface area contributed by atoms with E-state index in [4.69, 9.17) is 32.4 Å². The summed E-state index contributed by atoms with van der Waals surface area (Å²) in [5.41, 5.74) is 2.59. The van der Waals surface area contributed by atoms with Gasteiger partial charge in [-0.1, -0.05) is 40.9 Å². The molecule has 0 spiro atoms. The molecule has 2 aromatic carbocycles. The van der Waals surface area contributed by atoms with Crippen LogP contribution in [0.25, 0.3) is 6.08 Å². The molecule has 1 aliphatic heterocycles. The molecule has 4 rings (SSSR count). The predicted octanol–water partition coefficient (Wildman–Crippen LogP) is 5.03. The molecule has 0 saturated heterocycles. The van der Waals surface area contributed by atoms with E-state index < -0.39 is 23.7 Å². The standard InChI is InChI=1S/C28H23Cl2N3O6/c1-15-4-7-18(8-5-15)33-16(2)24(28(37)38-3)21(27(33)36)13-19-9-10-20(39-19)14-31-25(34)26(35)32-17-6-11-22(29)23(30)12-17/h4-13H,14H2,1-3H3,(H,31,34)(H,32,35)/b21-13+. The molecule has 0 fully saturated rings.